The number of amidine groups is 1. The van der Waals surface area contributed by atoms with E-state index in [9.17, 15) is 73.3 Å². The van der Waals surface area contributed by atoms with Crippen LogP contribution >= 0.6 is 29.4 Å². The Hall–Kier alpha value is -7.36. The van der Waals surface area contributed by atoms with Crippen molar-refractivity contribution in [1.82, 2.24) is 36.0 Å². The monoisotopic (exact) mass is 1300 g/mol. The SMILES string of the molecule is NC1=NCN(C2CCC(COP(=O)(O)OCCC(NC(=O)CNC(=O)CCCC(=O)NCCSSCCNC(=O)COCC(=O)N3CCN(C(=O)c4ccccc4-c4c5ccc(=O)cc-5oc5cc(O)ccc45)CC3)C(OC(=O)O)C(O)C(O)CO)O2)C=C1. The lowest BCUT2D eigenvalue weighted by molar-refractivity contribution is -0.139. The average molecular weight is 1300 g/mol. The molecule has 4 heterocycles. The van der Waals surface area contributed by atoms with Gasteiger partial charge in [0.1, 0.15) is 61.2 Å². The van der Waals surface area contributed by atoms with Gasteiger partial charge in [0, 0.05) is 104 Å². The standard InChI is InChI=1S/C56H72N9O21PS2/c57-45-14-18-65(33-61-45)51-13-10-36(84-51)30-83-87(79,80)82-23-15-41(54(86-56(77)78)53(75)42(69)29-66)62-48(72)28-60-47(71)7-3-6-46(70)58-16-24-88-89-25-17-59-49(73)31-81-32-50(74)63-19-21-64(22-20-63)55(76)38-5-2-1-4-37(38)52-39-11-8-34(67)26-43(39)85-44-27-35(68)9-12-40(44)52/h1-2,4-5,8-9,11-12,14,18,26-27,36,41-42,51,53-54,66-67,69,75H,3,6-7,10,13,15-17,19-25,28-33H2,(H2,57,61)(H,58,70)(H,59,73)(H,60,71)(H,62,72)(H,77,78)(H,79,80). The fraction of sp³-hybridized carbons (Fsp3) is 0.482. The van der Waals surface area contributed by atoms with Crippen LogP contribution in [0.2, 0.25) is 0 Å². The molecule has 5 aliphatic rings. The van der Waals surface area contributed by atoms with Crippen molar-refractivity contribution in [1.29, 1.82) is 0 Å². The zero-order valence-corrected chi connectivity index (χ0v) is 50.7. The second-order valence-electron chi connectivity index (χ2n) is 20.5. The molecule has 89 heavy (non-hydrogen) atoms. The molecule has 0 bridgehead atoms. The lowest BCUT2D eigenvalue weighted by Gasteiger charge is -2.35. The minimum atomic E-state index is -4.78. The fourth-order valence-electron chi connectivity index (χ4n) is 9.68. The maximum atomic E-state index is 14.1. The number of nitrogens with one attached hydrogen (secondary N) is 4. The lowest BCUT2D eigenvalue weighted by Crippen LogP contribution is -2.56. The van der Waals surface area contributed by atoms with E-state index in [1.54, 1.807) is 57.3 Å². The Morgan fingerprint density at radius 3 is 2.26 bits per heavy atom. The second-order valence-corrected chi connectivity index (χ2v) is 24.7. The number of rotatable bonds is 33. The molecule has 2 aromatic carbocycles. The van der Waals surface area contributed by atoms with Gasteiger partial charge in [-0.1, -0.05) is 39.8 Å². The molecule has 6 amide bonds. The number of carboxylic acid groups (broad SMARTS) is 1. The number of phosphoric ester groups is 1. The van der Waals surface area contributed by atoms with Crippen molar-refractivity contribution in [3.8, 4) is 28.2 Å². The molecule has 0 saturated carbocycles. The number of hydrogen-bond acceptors (Lipinski definition) is 24. The topological polar surface area (TPSA) is 431 Å². The number of benzene rings is 3. The first-order valence-electron chi connectivity index (χ1n) is 28.3. The largest absolute Gasteiger partial charge is 0.508 e. The molecule has 0 aromatic heterocycles. The minimum Gasteiger partial charge on any atom is -0.508 e. The highest BCUT2D eigenvalue weighted by Gasteiger charge is 2.39. The molecule has 4 aliphatic heterocycles. The van der Waals surface area contributed by atoms with Gasteiger partial charge in [0.25, 0.3) is 5.91 Å². The molecule has 0 radical (unpaired) electrons. The highest BCUT2D eigenvalue weighted by Crippen LogP contribution is 2.45. The minimum absolute atomic E-state index is 0.0223. The number of phenols is 1. The summed E-state index contributed by atoms with van der Waals surface area (Å²) in [4.78, 5) is 121. The van der Waals surface area contributed by atoms with E-state index < -0.39 is 88.3 Å². The Balaban J connectivity index is 0.720. The van der Waals surface area contributed by atoms with Gasteiger partial charge in [-0.2, -0.15) is 0 Å². The lowest BCUT2D eigenvalue weighted by atomic mass is 9.90. The van der Waals surface area contributed by atoms with Crippen LogP contribution in [-0.2, 0) is 51.8 Å². The Labute approximate surface area is 517 Å². The average Bonchev–Trinajstić information content (AvgIpc) is 2.11. The van der Waals surface area contributed by atoms with Crippen molar-refractivity contribution >= 4 is 87.8 Å². The normalized spacial score (nSPS) is 17.9. The van der Waals surface area contributed by atoms with Gasteiger partial charge in [-0.15, -0.1) is 0 Å². The number of piperazine rings is 1. The summed E-state index contributed by atoms with van der Waals surface area (Å²) in [5.74, 6) is -1.21. The first-order chi connectivity index (χ1) is 42.7. The highest BCUT2D eigenvalue weighted by atomic mass is 33.1. The number of aliphatic hydroxyl groups is 3. The van der Waals surface area contributed by atoms with Gasteiger partial charge in [-0.25, -0.2) is 14.4 Å². The fourth-order valence-corrected chi connectivity index (χ4v) is 12.3. The molecule has 0 spiro atoms. The summed E-state index contributed by atoms with van der Waals surface area (Å²) in [7, 11) is -1.88. The maximum Gasteiger partial charge on any atom is 0.506 e. The summed E-state index contributed by atoms with van der Waals surface area (Å²) in [5.41, 5.74) is 8.04. The van der Waals surface area contributed by atoms with Gasteiger partial charge >= 0.3 is 14.0 Å². The summed E-state index contributed by atoms with van der Waals surface area (Å²) in [6.07, 6.45) is -5.13. The predicted octanol–water partition coefficient (Wildman–Crippen LogP) is 0.907. The zero-order chi connectivity index (χ0) is 64.0. The van der Waals surface area contributed by atoms with E-state index in [4.69, 9.17) is 33.4 Å². The van der Waals surface area contributed by atoms with Gasteiger partial charge in [0.2, 0.25) is 29.5 Å². The summed E-state index contributed by atoms with van der Waals surface area (Å²) in [6, 6.07) is 14.6. The summed E-state index contributed by atoms with van der Waals surface area (Å²) in [6.45, 7) is -1.55. The van der Waals surface area contributed by atoms with Crippen LogP contribution in [0.4, 0.5) is 4.79 Å². The summed E-state index contributed by atoms with van der Waals surface area (Å²) in [5, 5.41) is 60.5. The van der Waals surface area contributed by atoms with Crippen molar-refractivity contribution in [2.45, 2.75) is 75.2 Å². The first-order valence-corrected chi connectivity index (χ1v) is 32.3. The van der Waals surface area contributed by atoms with Gasteiger partial charge < -0.3 is 90.8 Å². The summed E-state index contributed by atoms with van der Waals surface area (Å²) < 4.78 is 45.0. The predicted molar refractivity (Wildman–Crippen MR) is 323 cm³/mol. The van der Waals surface area contributed by atoms with Crippen molar-refractivity contribution in [3.63, 3.8) is 0 Å². The van der Waals surface area contributed by atoms with Crippen molar-refractivity contribution < 1.29 is 96.2 Å². The molecule has 30 nitrogen and oxygen atoms in total. The molecule has 7 atom stereocenters. The van der Waals surface area contributed by atoms with E-state index >= 15 is 0 Å². The van der Waals surface area contributed by atoms with Crippen LogP contribution in [0.1, 0.15) is 48.9 Å². The van der Waals surface area contributed by atoms with E-state index in [1.807, 2.05) is 6.07 Å². The molecule has 7 unspecified atom stereocenters. The Bertz CT molecular complexity index is 3260. The van der Waals surface area contributed by atoms with Gasteiger partial charge in [-0.05, 0) is 67.7 Å². The summed E-state index contributed by atoms with van der Waals surface area (Å²) >= 11 is 0. The smallest absolute Gasteiger partial charge is 0.506 e. The van der Waals surface area contributed by atoms with Crippen LogP contribution in [0.3, 0.4) is 0 Å². The molecular formula is C56H72N9O21PS2. The van der Waals surface area contributed by atoms with Crippen LogP contribution in [-0.4, -0.2) is 226 Å². The number of carbonyl (C=O) groups excluding carboxylic acids is 6. The third-order valence-corrected chi connectivity index (χ3v) is 17.5. The molecule has 1 aliphatic carbocycles. The van der Waals surface area contributed by atoms with Crippen molar-refractivity contribution in [3.05, 3.63) is 88.7 Å². The number of phosphoric acid groups is 1. The van der Waals surface area contributed by atoms with Crippen LogP contribution < -0.4 is 32.4 Å². The molecule has 484 valence electrons. The van der Waals surface area contributed by atoms with E-state index in [-0.39, 0.29) is 107 Å². The number of fused-ring (bicyclic) bond motifs is 2. The molecule has 2 aromatic rings. The number of aromatic hydroxyl groups is 1. The van der Waals surface area contributed by atoms with E-state index in [2.05, 4.69) is 26.3 Å². The number of ether oxygens (including phenoxy) is 3. The number of aliphatic imine (C=N–C) groups is 1. The number of phenolic OH excluding ortho intramolecular Hbond substituents is 1. The van der Waals surface area contributed by atoms with Crippen LogP contribution in [0.15, 0.2) is 87.1 Å². The Morgan fingerprint density at radius 1 is 0.843 bits per heavy atom. The molecule has 33 heteroatoms. The maximum absolute atomic E-state index is 14.1. The number of amides is 6. The number of aliphatic hydroxyl groups excluding tert-OH is 3. The Morgan fingerprint density at radius 2 is 1.55 bits per heavy atom. The quantitative estimate of drug-likeness (QED) is 0.0104. The number of nitrogens with two attached hydrogens (primary N) is 1. The molecule has 12 N–H and O–H groups in total. The molecule has 2 fully saturated rings. The van der Waals surface area contributed by atoms with Crippen LogP contribution in [0.25, 0.3) is 33.4 Å². The Kier molecular flexibility index (Phi) is 26.4. The van der Waals surface area contributed by atoms with Crippen LogP contribution in [0, 0.1) is 0 Å². The van der Waals surface area contributed by atoms with Crippen molar-refractivity contribution in [2.24, 2.45) is 10.7 Å². The van der Waals surface area contributed by atoms with Crippen LogP contribution in [0.5, 0.6) is 5.75 Å². The third-order valence-electron chi connectivity index (χ3n) is 14.1. The molecule has 7 rings (SSSR count). The third kappa shape index (κ3) is 21.1. The van der Waals surface area contributed by atoms with Crippen molar-refractivity contribution in [2.75, 3.05) is 97.0 Å². The van der Waals surface area contributed by atoms with E-state index in [1.165, 1.54) is 45.9 Å². The highest BCUT2D eigenvalue weighted by molar-refractivity contribution is 8.76. The van der Waals surface area contributed by atoms with Gasteiger partial charge in [-0.3, -0.25) is 42.6 Å². The van der Waals surface area contributed by atoms with Gasteiger partial charge in [0.15, 0.2) is 11.5 Å². The number of carbonyl (C=O) groups is 7. The first kappa shape index (κ1) is 69.1. The van der Waals surface area contributed by atoms with E-state index in [0.29, 0.717) is 82.3 Å². The number of hydrogen-bond donors (Lipinski definition) is 11. The number of nitrogens with zero attached hydrogens (tertiary/aromatic N) is 4. The van der Waals surface area contributed by atoms with E-state index in [0.717, 1.165) is 0 Å². The van der Waals surface area contributed by atoms with Gasteiger partial charge in [0.05, 0.1) is 38.5 Å². The molecule has 2 saturated heterocycles. The molecular weight excluding hydrogens is 1230 g/mol. The zero-order valence-electron chi connectivity index (χ0n) is 48.2. The second kappa shape index (κ2) is 34.0.